The van der Waals surface area contributed by atoms with Crippen LogP contribution in [-0.4, -0.2) is 10.1 Å². The van der Waals surface area contributed by atoms with Crippen LogP contribution < -0.4 is 0 Å². The van der Waals surface area contributed by atoms with Crippen LogP contribution in [0.4, 0.5) is 13.2 Å². The summed E-state index contributed by atoms with van der Waals surface area (Å²) in [6.45, 7) is 6.16. The van der Waals surface area contributed by atoms with Crippen molar-refractivity contribution in [1.82, 2.24) is 10.1 Å². The third kappa shape index (κ3) is 2.94. The SMILES string of the molecule is CC(C)(C)c1ccc(-c2noc(C(F)(F)F)n2)cc1. The van der Waals surface area contributed by atoms with E-state index in [1.54, 1.807) is 12.1 Å². The number of aromatic nitrogens is 2. The Labute approximate surface area is 108 Å². The summed E-state index contributed by atoms with van der Waals surface area (Å²) >= 11 is 0. The number of halogens is 3. The number of nitrogens with zero attached hydrogens (tertiary/aromatic N) is 2. The molecular weight excluding hydrogens is 257 g/mol. The van der Waals surface area contributed by atoms with Crippen molar-refractivity contribution >= 4 is 0 Å². The summed E-state index contributed by atoms with van der Waals surface area (Å²) in [4.78, 5) is 3.34. The van der Waals surface area contributed by atoms with Gasteiger partial charge in [0.05, 0.1) is 0 Å². The Kier molecular flexibility index (Phi) is 3.12. The van der Waals surface area contributed by atoms with Crippen molar-refractivity contribution in [2.24, 2.45) is 0 Å². The number of hydrogen-bond acceptors (Lipinski definition) is 3. The third-order valence-corrected chi connectivity index (χ3v) is 2.68. The molecule has 0 aliphatic heterocycles. The topological polar surface area (TPSA) is 38.9 Å². The number of hydrogen-bond donors (Lipinski definition) is 0. The summed E-state index contributed by atoms with van der Waals surface area (Å²) in [5.41, 5.74) is 1.55. The first-order chi connectivity index (χ1) is 8.68. The molecule has 0 amide bonds. The maximum atomic E-state index is 12.3. The Morgan fingerprint density at radius 2 is 1.58 bits per heavy atom. The molecule has 0 aliphatic rings. The van der Waals surface area contributed by atoms with Gasteiger partial charge < -0.3 is 4.52 Å². The van der Waals surface area contributed by atoms with Crippen LogP contribution in [0.25, 0.3) is 11.4 Å². The zero-order chi connectivity index (χ0) is 14.3. The molecule has 0 spiro atoms. The van der Waals surface area contributed by atoms with E-state index in [-0.39, 0.29) is 11.2 Å². The highest BCUT2D eigenvalue weighted by molar-refractivity contribution is 5.55. The average molecular weight is 270 g/mol. The lowest BCUT2D eigenvalue weighted by molar-refractivity contribution is -0.159. The molecule has 0 fully saturated rings. The Balaban J connectivity index is 2.31. The summed E-state index contributed by atoms with van der Waals surface area (Å²) in [6, 6.07) is 7.06. The monoisotopic (exact) mass is 270 g/mol. The number of rotatable bonds is 1. The predicted octanol–water partition coefficient (Wildman–Crippen LogP) is 4.05. The highest BCUT2D eigenvalue weighted by atomic mass is 19.4. The highest BCUT2D eigenvalue weighted by Gasteiger charge is 2.38. The molecule has 2 aromatic rings. The van der Waals surface area contributed by atoms with Gasteiger partial charge in [0.15, 0.2) is 0 Å². The molecule has 0 aliphatic carbocycles. The Hall–Kier alpha value is -1.85. The van der Waals surface area contributed by atoms with Gasteiger partial charge in [-0.05, 0) is 11.0 Å². The third-order valence-electron chi connectivity index (χ3n) is 2.68. The summed E-state index contributed by atoms with van der Waals surface area (Å²) in [7, 11) is 0. The van der Waals surface area contributed by atoms with Crippen molar-refractivity contribution in [3.63, 3.8) is 0 Å². The lowest BCUT2D eigenvalue weighted by Gasteiger charge is -2.18. The summed E-state index contributed by atoms with van der Waals surface area (Å²) < 4.78 is 41.2. The Bertz CT molecular complexity index is 565. The van der Waals surface area contributed by atoms with Crippen LogP contribution in [0.3, 0.4) is 0 Å². The van der Waals surface area contributed by atoms with Gasteiger partial charge in [0.1, 0.15) is 0 Å². The fourth-order valence-corrected chi connectivity index (χ4v) is 1.58. The Morgan fingerprint density at radius 3 is 2.00 bits per heavy atom. The molecule has 3 nitrogen and oxygen atoms in total. The number of benzene rings is 1. The highest BCUT2D eigenvalue weighted by Crippen LogP contribution is 2.30. The van der Waals surface area contributed by atoms with Crippen molar-refractivity contribution in [2.45, 2.75) is 32.4 Å². The van der Waals surface area contributed by atoms with Crippen molar-refractivity contribution in [2.75, 3.05) is 0 Å². The van der Waals surface area contributed by atoms with Crippen molar-refractivity contribution in [1.29, 1.82) is 0 Å². The molecule has 0 saturated carbocycles. The quantitative estimate of drug-likeness (QED) is 0.784. The smallest absolute Gasteiger partial charge is 0.329 e. The minimum atomic E-state index is -4.61. The lowest BCUT2D eigenvalue weighted by Crippen LogP contribution is -2.10. The molecule has 1 aromatic carbocycles. The molecule has 0 bridgehead atoms. The van der Waals surface area contributed by atoms with E-state index in [1.807, 2.05) is 12.1 Å². The second-order valence-corrected chi connectivity index (χ2v) is 5.25. The molecule has 1 aromatic heterocycles. The van der Waals surface area contributed by atoms with E-state index in [1.165, 1.54) is 0 Å². The average Bonchev–Trinajstić information content (AvgIpc) is 2.77. The van der Waals surface area contributed by atoms with E-state index >= 15 is 0 Å². The minimum Gasteiger partial charge on any atom is -0.329 e. The molecule has 2 rings (SSSR count). The molecule has 19 heavy (non-hydrogen) atoms. The fraction of sp³-hybridized carbons (Fsp3) is 0.385. The maximum Gasteiger partial charge on any atom is 0.471 e. The largest absolute Gasteiger partial charge is 0.471 e. The summed E-state index contributed by atoms with van der Waals surface area (Å²) in [6.07, 6.45) is -4.61. The van der Waals surface area contributed by atoms with Crippen molar-refractivity contribution in [3.8, 4) is 11.4 Å². The predicted molar refractivity (Wildman–Crippen MR) is 63.4 cm³/mol. The van der Waals surface area contributed by atoms with Gasteiger partial charge in [-0.15, -0.1) is 0 Å². The first-order valence-corrected chi connectivity index (χ1v) is 5.70. The molecule has 0 unspecified atom stereocenters. The summed E-state index contributed by atoms with van der Waals surface area (Å²) in [5.74, 6) is -1.39. The van der Waals surface area contributed by atoms with E-state index in [2.05, 4.69) is 35.4 Å². The van der Waals surface area contributed by atoms with Crippen molar-refractivity contribution in [3.05, 3.63) is 35.7 Å². The van der Waals surface area contributed by atoms with Gasteiger partial charge in [0.25, 0.3) is 0 Å². The fourth-order valence-electron chi connectivity index (χ4n) is 1.58. The lowest BCUT2D eigenvalue weighted by atomic mass is 9.87. The standard InChI is InChI=1S/C13H13F3N2O/c1-12(2,3)9-6-4-8(5-7-9)10-17-11(19-18-10)13(14,15)16/h4-7H,1-3H3. The first-order valence-electron chi connectivity index (χ1n) is 5.70. The van der Waals surface area contributed by atoms with Crippen LogP contribution in [0.15, 0.2) is 28.8 Å². The van der Waals surface area contributed by atoms with Crippen molar-refractivity contribution < 1.29 is 17.7 Å². The molecule has 102 valence electrons. The molecule has 0 radical (unpaired) electrons. The molecule has 6 heteroatoms. The van der Waals surface area contributed by atoms with Crippen LogP contribution >= 0.6 is 0 Å². The van der Waals surface area contributed by atoms with Gasteiger partial charge in [-0.25, -0.2) is 0 Å². The second-order valence-electron chi connectivity index (χ2n) is 5.25. The van der Waals surface area contributed by atoms with E-state index in [4.69, 9.17) is 0 Å². The molecular formula is C13H13F3N2O. The van der Waals surface area contributed by atoms with Crippen LogP contribution in [0.2, 0.25) is 0 Å². The van der Waals surface area contributed by atoms with Gasteiger partial charge in [0, 0.05) is 5.56 Å². The zero-order valence-electron chi connectivity index (χ0n) is 10.7. The van der Waals surface area contributed by atoms with Gasteiger partial charge in [-0.3, -0.25) is 0 Å². The normalized spacial score (nSPS) is 12.7. The van der Waals surface area contributed by atoms with Gasteiger partial charge >= 0.3 is 12.1 Å². The molecule has 0 N–H and O–H groups in total. The van der Waals surface area contributed by atoms with Crippen LogP contribution in [0, 0.1) is 0 Å². The Morgan fingerprint density at radius 1 is 1.00 bits per heavy atom. The summed E-state index contributed by atoms with van der Waals surface area (Å²) in [5, 5.41) is 3.34. The molecule has 0 atom stereocenters. The van der Waals surface area contributed by atoms with E-state index in [9.17, 15) is 13.2 Å². The van der Waals surface area contributed by atoms with Crippen LogP contribution in [-0.2, 0) is 11.6 Å². The maximum absolute atomic E-state index is 12.3. The molecule has 0 saturated heterocycles. The number of alkyl halides is 3. The van der Waals surface area contributed by atoms with E-state index in [0.717, 1.165) is 5.56 Å². The first kappa shape index (κ1) is 13.6. The van der Waals surface area contributed by atoms with Gasteiger partial charge in [0.2, 0.25) is 5.82 Å². The van der Waals surface area contributed by atoms with E-state index < -0.39 is 12.1 Å². The van der Waals surface area contributed by atoms with Gasteiger partial charge in [-0.1, -0.05) is 50.2 Å². The van der Waals surface area contributed by atoms with Gasteiger partial charge in [-0.2, -0.15) is 18.2 Å². The zero-order valence-corrected chi connectivity index (χ0v) is 10.7. The van der Waals surface area contributed by atoms with E-state index in [0.29, 0.717) is 5.56 Å². The van der Waals surface area contributed by atoms with Crippen LogP contribution in [0.1, 0.15) is 32.2 Å². The minimum absolute atomic E-state index is 0.0209. The van der Waals surface area contributed by atoms with Crippen LogP contribution in [0.5, 0.6) is 0 Å². The molecule has 1 heterocycles. The second kappa shape index (κ2) is 4.36.